The number of rotatable bonds is 0. The van der Waals surface area contributed by atoms with Crippen LogP contribution in [0.5, 0.6) is 0 Å². The Labute approximate surface area is 59.0 Å². The Morgan fingerprint density at radius 2 is 1.43 bits per heavy atom. The van der Waals surface area contributed by atoms with Crippen molar-refractivity contribution in [2.45, 2.75) is 0 Å². The molecular weight excluding hydrogens is 206 g/mol. The van der Waals surface area contributed by atoms with E-state index in [2.05, 4.69) is 0 Å². The summed E-state index contributed by atoms with van der Waals surface area (Å²) in [5.41, 5.74) is 0. The van der Waals surface area contributed by atoms with Gasteiger partial charge in [-0.15, -0.1) is 10.1 Å². The van der Waals surface area contributed by atoms with Crippen molar-refractivity contribution in [1.29, 1.82) is 0 Å². The summed E-state index contributed by atoms with van der Waals surface area (Å²) in [6, 6.07) is 0. The van der Waals surface area contributed by atoms with Gasteiger partial charge in [-0.2, -0.15) is 0 Å². The Morgan fingerprint density at radius 1 is 1.43 bits per heavy atom. The van der Waals surface area contributed by atoms with Crippen molar-refractivity contribution in [3.05, 3.63) is 10.1 Å². The minimum Gasteiger partial charge on any atom is -0.412 e. The molecule has 0 bridgehead atoms. The van der Waals surface area contributed by atoms with E-state index in [1.165, 1.54) is 0 Å². The SMILES string of the molecule is O.O.O=[N+]([O-])O.[Cd]. The molecule has 0 atom stereocenters. The van der Waals surface area contributed by atoms with Crippen LogP contribution in [-0.4, -0.2) is 21.2 Å². The van der Waals surface area contributed by atoms with Crippen LogP contribution in [0.15, 0.2) is 0 Å². The Hall–Kier alpha value is 0.0421. The average molecular weight is 211 g/mol. The molecule has 0 aliphatic heterocycles. The van der Waals surface area contributed by atoms with Gasteiger partial charge in [0.05, 0.1) is 0 Å². The molecule has 7 heavy (non-hydrogen) atoms. The fourth-order valence-corrected chi connectivity index (χ4v) is 0. The van der Waals surface area contributed by atoms with Gasteiger partial charge in [0.1, 0.15) is 0 Å². The molecule has 0 aliphatic rings. The Balaban J connectivity index is -0.0000000150. The van der Waals surface area contributed by atoms with Gasteiger partial charge in [0.25, 0.3) is 5.09 Å². The van der Waals surface area contributed by atoms with Gasteiger partial charge in [0.15, 0.2) is 0 Å². The van der Waals surface area contributed by atoms with Crippen molar-refractivity contribution in [1.82, 2.24) is 0 Å². The van der Waals surface area contributed by atoms with Crippen LogP contribution in [0.1, 0.15) is 0 Å². The van der Waals surface area contributed by atoms with Gasteiger partial charge in [-0.25, -0.2) is 0 Å². The summed E-state index contributed by atoms with van der Waals surface area (Å²) in [7, 11) is 0. The van der Waals surface area contributed by atoms with Gasteiger partial charge in [-0.05, 0) is 0 Å². The van der Waals surface area contributed by atoms with Crippen LogP contribution in [0.2, 0.25) is 0 Å². The number of hydrogen-bond acceptors (Lipinski definition) is 2. The van der Waals surface area contributed by atoms with Crippen molar-refractivity contribution >= 4 is 0 Å². The van der Waals surface area contributed by atoms with Gasteiger partial charge in [-0.3, -0.25) is 0 Å². The Morgan fingerprint density at radius 3 is 1.43 bits per heavy atom. The molecule has 0 saturated carbocycles. The predicted octanol–water partition coefficient (Wildman–Crippen LogP) is -2.00. The van der Waals surface area contributed by atoms with Gasteiger partial charge in [0, 0.05) is 27.3 Å². The Kier molecular flexibility index (Phi) is 65.9. The molecule has 6 nitrogen and oxygen atoms in total. The fraction of sp³-hybridized carbons (Fsp3) is 0. The van der Waals surface area contributed by atoms with E-state index < -0.39 is 5.09 Å². The molecule has 0 unspecified atom stereocenters. The summed E-state index contributed by atoms with van der Waals surface area (Å²) in [6.07, 6.45) is 0. The fourth-order valence-electron chi connectivity index (χ4n) is 0. The molecule has 5 N–H and O–H groups in total. The van der Waals surface area contributed by atoms with E-state index in [0.717, 1.165) is 0 Å². The van der Waals surface area contributed by atoms with E-state index in [9.17, 15) is 0 Å². The second kappa shape index (κ2) is 16.6. The van der Waals surface area contributed by atoms with Crippen molar-refractivity contribution in [3.63, 3.8) is 0 Å². The van der Waals surface area contributed by atoms with Crippen molar-refractivity contribution in [3.8, 4) is 0 Å². The molecule has 0 saturated heterocycles. The maximum absolute atomic E-state index is 8.36. The molecule has 0 rings (SSSR count). The van der Waals surface area contributed by atoms with Crippen LogP contribution >= 0.6 is 0 Å². The molecule has 42 valence electrons. The quantitative estimate of drug-likeness (QED) is 0.283. The van der Waals surface area contributed by atoms with E-state index in [-0.39, 0.29) is 38.3 Å². The second-order valence-corrected chi connectivity index (χ2v) is 0.238. The molecule has 0 amide bonds. The molecular formula is H5CdNO5. The van der Waals surface area contributed by atoms with Gasteiger partial charge in [-0.1, -0.05) is 0 Å². The zero-order valence-corrected chi connectivity index (χ0v) is 7.45. The molecule has 0 aromatic rings. The minimum absolute atomic E-state index is 0. The van der Waals surface area contributed by atoms with Crippen LogP contribution in [0.3, 0.4) is 0 Å². The predicted molar refractivity (Wildman–Crippen MR) is 16.0 cm³/mol. The van der Waals surface area contributed by atoms with Crippen molar-refractivity contribution < 1.29 is 48.5 Å². The maximum atomic E-state index is 8.36. The smallest absolute Gasteiger partial charge is 0.291 e. The molecule has 0 heterocycles. The largest absolute Gasteiger partial charge is 0.412 e. The summed E-state index contributed by atoms with van der Waals surface area (Å²) < 4.78 is 0. The zero-order chi connectivity index (χ0) is 3.58. The zero-order valence-electron chi connectivity index (χ0n) is 3.42. The van der Waals surface area contributed by atoms with Crippen molar-refractivity contribution in [2.24, 2.45) is 0 Å². The average Bonchev–Trinajstić information content (AvgIpc) is 0.811. The molecule has 0 aromatic heterocycles. The third-order valence-electron chi connectivity index (χ3n) is 0. The number of nitrogens with zero attached hydrogens (tertiary/aromatic N) is 1. The first kappa shape index (κ1) is 27.8. The Bertz CT molecular complexity index is 31.1. The summed E-state index contributed by atoms with van der Waals surface area (Å²) in [4.78, 5) is 8.36. The third-order valence-corrected chi connectivity index (χ3v) is 0. The topological polar surface area (TPSA) is 126 Å². The van der Waals surface area contributed by atoms with E-state index in [0.29, 0.717) is 0 Å². The maximum Gasteiger partial charge on any atom is 0.291 e. The molecule has 0 aromatic carbocycles. The van der Waals surface area contributed by atoms with E-state index in [1.807, 2.05) is 0 Å². The first-order valence-electron chi connectivity index (χ1n) is 0.565. The molecule has 0 radical (unpaired) electrons. The summed E-state index contributed by atoms with van der Waals surface area (Å²) in [6.45, 7) is 0. The summed E-state index contributed by atoms with van der Waals surface area (Å²) in [5, 5.41) is 13.6. The van der Waals surface area contributed by atoms with Crippen LogP contribution in [0.25, 0.3) is 0 Å². The van der Waals surface area contributed by atoms with Gasteiger partial charge >= 0.3 is 0 Å². The first-order chi connectivity index (χ1) is 1.73. The van der Waals surface area contributed by atoms with Crippen molar-refractivity contribution in [2.75, 3.05) is 0 Å². The minimum atomic E-state index is -1.50. The molecule has 0 aliphatic carbocycles. The standard InChI is InChI=1S/Cd.HNO3.2H2O/c;2-1(3)4;;/h;(H,2,3,4);2*1H2. The third kappa shape index (κ3) is 55800. The molecule has 0 spiro atoms. The van der Waals surface area contributed by atoms with E-state index in [4.69, 9.17) is 15.3 Å². The molecule has 0 fully saturated rings. The van der Waals surface area contributed by atoms with Gasteiger partial charge < -0.3 is 16.2 Å². The second-order valence-electron chi connectivity index (χ2n) is 0.238. The summed E-state index contributed by atoms with van der Waals surface area (Å²) in [5.74, 6) is 0. The summed E-state index contributed by atoms with van der Waals surface area (Å²) >= 11 is 0. The van der Waals surface area contributed by atoms with Crippen LogP contribution in [-0.2, 0) is 27.3 Å². The van der Waals surface area contributed by atoms with E-state index in [1.54, 1.807) is 0 Å². The van der Waals surface area contributed by atoms with Crippen LogP contribution < -0.4 is 0 Å². The number of hydrogen-bond donors (Lipinski definition) is 1. The van der Waals surface area contributed by atoms with Crippen LogP contribution in [0, 0.1) is 10.1 Å². The van der Waals surface area contributed by atoms with Gasteiger partial charge in [0.2, 0.25) is 0 Å². The molecule has 7 heteroatoms. The monoisotopic (exact) mass is 213 g/mol. The van der Waals surface area contributed by atoms with Crippen LogP contribution in [0.4, 0.5) is 0 Å². The first-order valence-corrected chi connectivity index (χ1v) is 0.565. The normalized spacial score (nSPS) is 3.43. The van der Waals surface area contributed by atoms with E-state index >= 15 is 0 Å².